The number of hydrazone groups is 1. The molecule has 0 radical (unpaired) electrons. The molecule has 0 bridgehead atoms. The molecule has 1 fully saturated rings. The lowest BCUT2D eigenvalue weighted by molar-refractivity contribution is -0.139. The second-order valence-corrected chi connectivity index (χ2v) is 11.4. The molecule has 2 heterocycles. The Morgan fingerprint density at radius 2 is 1.67 bits per heavy atom. The highest BCUT2D eigenvalue weighted by atomic mass is 32.2. The Morgan fingerprint density at radius 3 is 2.33 bits per heavy atom. The van der Waals surface area contributed by atoms with Gasteiger partial charge in [-0.1, -0.05) is 47.5 Å². The smallest absolute Gasteiger partial charge is 0.329 e. The van der Waals surface area contributed by atoms with Gasteiger partial charge >= 0.3 is 11.8 Å². The second-order valence-electron chi connectivity index (χ2n) is 9.42. The first-order valence-electron chi connectivity index (χ1n) is 12.6. The van der Waals surface area contributed by atoms with Gasteiger partial charge in [-0.15, -0.1) is 0 Å². The lowest BCUT2D eigenvalue weighted by Gasteiger charge is -2.21. The third kappa shape index (κ3) is 7.85. The topological polar surface area (TPSA) is 130 Å². The number of hydrogen-bond acceptors (Lipinski definition) is 7. The van der Waals surface area contributed by atoms with Crippen LogP contribution >= 0.6 is 0 Å². The molecular weight excluding hydrogens is 520 g/mol. The van der Waals surface area contributed by atoms with Gasteiger partial charge in [0.05, 0.1) is 23.8 Å². The molecule has 1 aromatic heterocycles. The predicted octanol–water partition coefficient (Wildman–Crippen LogP) is 3.03. The SMILES string of the molecule is Cc1ccc(CN(Cc2ccc(/C=N/NC(=O)C(=O)NC[C@H]3CCCO3)o2)S(=O)(=O)c2ccc(C)cc2)cc1. The molecule has 0 unspecified atom stereocenters. The highest BCUT2D eigenvalue weighted by molar-refractivity contribution is 7.89. The minimum atomic E-state index is -3.84. The van der Waals surface area contributed by atoms with E-state index in [-0.39, 0.29) is 36.4 Å². The molecule has 2 N–H and O–H groups in total. The summed E-state index contributed by atoms with van der Waals surface area (Å²) in [6, 6.07) is 17.6. The lowest BCUT2D eigenvalue weighted by atomic mass is 10.1. The fourth-order valence-electron chi connectivity index (χ4n) is 4.00. The average molecular weight is 553 g/mol. The van der Waals surface area contributed by atoms with E-state index in [1.54, 1.807) is 36.4 Å². The van der Waals surface area contributed by atoms with E-state index in [0.29, 0.717) is 12.4 Å². The fourth-order valence-corrected chi connectivity index (χ4v) is 5.40. The van der Waals surface area contributed by atoms with E-state index in [4.69, 9.17) is 9.15 Å². The number of sulfonamides is 1. The van der Waals surface area contributed by atoms with E-state index < -0.39 is 21.8 Å². The van der Waals surface area contributed by atoms with Crippen LogP contribution in [0.5, 0.6) is 0 Å². The zero-order chi connectivity index (χ0) is 27.8. The zero-order valence-corrected chi connectivity index (χ0v) is 22.7. The van der Waals surface area contributed by atoms with Crippen molar-refractivity contribution in [2.45, 2.75) is 50.8 Å². The van der Waals surface area contributed by atoms with E-state index in [1.165, 1.54) is 10.5 Å². The highest BCUT2D eigenvalue weighted by Gasteiger charge is 2.26. The van der Waals surface area contributed by atoms with Crippen molar-refractivity contribution in [1.82, 2.24) is 15.0 Å². The number of carbonyl (C=O) groups is 2. The van der Waals surface area contributed by atoms with Gasteiger partial charge in [0, 0.05) is 19.7 Å². The number of furan rings is 1. The van der Waals surface area contributed by atoms with Gasteiger partial charge in [0.15, 0.2) is 0 Å². The molecule has 10 nitrogen and oxygen atoms in total. The molecule has 11 heteroatoms. The molecule has 3 aromatic rings. The van der Waals surface area contributed by atoms with Crippen molar-refractivity contribution in [3.63, 3.8) is 0 Å². The molecule has 0 saturated carbocycles. The molecule has 1 aliphatic heterocycles. The predicted molar refractivity (Wildman–Crippen MR) is 145 cm³/mol. The number of hydrogen-bond donors (Lipinski definition) is 2. The Morgan fingerprint density at radius 1 is 0.974 bits per heavy atom. The molecule has 1 saturated heterocycles. The van der Waals surface area contributed by atoms with Gasteiger partial charge in [-0.25, -0.2) is 13.8 Å². The Labute approximate surface area is 228 Å². The fraction of sp³-hybridized carbons (Fsp3) is 0.321. The lowest BCUT2D eigenvalue weighted by Crippen LogP contribution is -2.41. The molecule has 1 aliphatic rings. The van der Waals surface area contributed by atoms with Crippen molar-refractivity contribution in [3.8, 4) is 0 Å². The van der Waals surface area contributed by atoms with Crippen LogP contribution in [0.2, 0.25) is 0 Å². The van der Waals surface area contributed by atoms with Gasteiger partial charge in [-0.05, 0) is 56.5 Å². The van der Waals surface area contributed by atoms with E-state index >= 15 is 0 Å². The van der Waals surface area contributed by atoms with Crippen molar-refractivity contribution < 1.29 is 27.2 Å². The highest BCUT2D eigenvalue weighted by Crippen LogP contribution is 2.22. The Hall–Kier alpha value is -3.80. The van der Waals surface area contributed by atoms with Crippen LogP contribution in [0.1, 0.15) is 41.1 Å². The number of nitrogens with one attached hydrogen (secondary N) is 2. The molecule has 2 amide bonds. The molecule has 206 valence electrons. The first-order chi connectivity index (χ1) is 18.7. The number of aryl methyl sites for hydroxylation is 2. The number of rotatable bonds is 10. The normalized spacial score (nSPS) is 15.6. The second kappa shape index (κ2) is 12.8. The summed E-state index contributed by atoms with van der Waals surface area (Å²) in [6.45, 7) is 4.92. The van der Waals surface area contributed by atoms with Crippen molar-refractivity contribution in [1.29, 1.82) is 0 Å². The van der Waals surface area contributed by atoms with Crippen molar-refractivity contribution in [2.24, 2.45) is 5.10 Å². The minimum Gasteiger partial charge on any atom is -0.459 e. The van der Waals surface area contributed by atoms with Crippen LogP contribution in [0.4, 0.5) is 0 Å². The summed E-state index contributed by atoms with van der Waals surface area (Å²) in [5.41, 5.74) is 5.03. The van der Waals surface area contributed by atoms with E-state index in [2.05, 4.69) is 15.8 Å². The van der Waals surface area contributed by atoms with Crippen molar-refractivity contribution in [3.05, 3.63) is 88.9 Å². The van der Waals surface area contributed by atoms with Gasteiger partial charge in [0.25, 0.3) is 0 Å². The molecule has 4 rings (SSSR count). The quantitative estimate of drug-likeness (QED) is 0.226. The van der Waals surface area contributed by atoms with Gasteiger partial charge < -0.3 is 14.5 Å². The maximum atomic E-state index is 13.5. The summed E-state index contributed by atoms with van der Waals surface area (Å²) >= 11 is 0. The summed E-state index contributed by atoms with van der Waals surface area (Å²) in [4.78, 5) is 24.1. The molecule has 0 spiro atoms. The molecule has 39 heavy (non-hydrogen) atoms. The van der Waals surface area contributed by atoms with Gasteiger partial charge in [-0.3, -0.25) is 9.59 Å². The Bertz CT molecular complexity index is 1410. The first-order valence-corrected chi connectivity index (χ1v) is 14.1. The van der Waals surface area contributed by atoms with Crippen LogP contribution in [0.25, 0.3) is 0 Å². The van der Waals surface area contributed by atoms with E-state index in [0.717, 1.165) is 29.5 Å². The third-order valence-corrected chi connectivity index (χ3v) is 8.04. The maximum Gasteiger partial charge on any atom is 0.329 e. The Kier molecular flexibility index (Phi) is 9.28. The standard InChI is InChI=1S/C28H32N4O6S/c1-20-5-9-22(10-6-20)18-32(39(35,36)26-13-7-21(2)8-14-26)19-25-12-11-24(38-25)17-30-31-28(34)27(33)29-16-23-4-3-15-37-23/h5-14,17,23H,3-4,15-16,18-19H2,1-2H3,(H,29,33)(H,31,34)/b30-17+/t23-/m1/s1. The number of amides is 2. The van der Waals surface area contributed by atoms with Crippen LogP contribution in [-0.4, -0.2) is 50.0 Å². The molecule has 0 aliphatic carbocycles. The number of nitrogens with zero attached hydrogens (tertiary/aromatic N) is 2. The van der Waals surface area contributed by atoms with Crippen molar-refractivity contribution in [2.75, 3.05) is 13.2 Å². The summed E-state index contributed by atoms with van der Waals surface area (Å²) in [5, 5.41) is 6.29. The number of carbonyl (C=O) groups excluding carboxylic acids is 2. The Balaban J connectivity index is 1.41. The first kappa shape index (κ1) is 28.2. The summed E-state index contributed by atoms with van der Waals surface area (Å²) < 4.78 is 39.6. The van der Waals surface area contributed by atoms with Crippen LogP contribution in [-0.2, 0) is 37.4 Å². The van der Waals surface area contributed by atoms with Crippen LogP contribution < -0.4 is 10.7 Å². The third-order valence-electron chi connectivity index (χ3n) is 6.23. The van der Waals surface area contributed by atoms with Gasteiger partial charge in [0.2, 0.25) is 10.0 Å². The van der Waals surface area contributed by atoms with Gasteiger partial charge in [0.1, 0.15) is 11.5 Å². The zero-order valence-electron chi connectivity index (χ0n) is 21.9. The maximum absolute atomic E-state index is 13.5. The monoisotopic (exact) mass is 552 g/mol. The summed E-state index contributed by atoms with van der Waals surface area (Å²) in [5.74, 6) is -1.05. The molecular formula is C28H32N4O6S. The van der Waals surface area contributed by atoms with Crippen molar-refractivity contribution >= 4 is 28.1 Å². The van der Waals surface area contributed by atoms with Crippen LogP contribution in [0.3, 0.4) is 0 Å². The van der Waals surface area contributed by atoms with Gasteiger partial charge in [-0.2, -0.15) is 9.41 Å². The minimum absolute atomic E-state index is 0.0179. The largest absolute Gasteiger partial charge is 0.459 e. The summed E-state index contributed by atoms with van der Waals surface area (Å²) in [6.07, 6.45) is 2.94. The molecule has 2 aromatic carbocycles. The molecule has 1 atom stereocenters. The number of ether oxygens (including phenoxy) is 1. The van der Waals surface area contributed by atoms with E-state index in [1.807, 2.05) is 38.1 Å². The van der Waals surface area contributed by atoms with Crippen LogP contribution in [0.15, 0.2) is 75.1 Å². The summed E-state index contributed by atoms with van der Waals surface area (Å²) in [7, 11) is -3.84. The van der Waals surface area contributed by atoms with E-state index in [9.17, 15) is 18.0 Å². The van der Waals surface area contributed by atoms with Crippen LogP contribution in [0, 0.1) is 13.8 Å². The number of benzene rings is 2. The average Bonchev–Trinajstić information content (AvgIpc) is 3.60.